The van der Waals surface area contributed by atoms with Crippen molar-refractivity contribution in [2.75, 3.05) is 0 Å². The third-order valence-corrected chi connectivity index (χ3v) is 5.13. The highest BCUT2D eigenvalue weighted by atomic mass is 16.5. The number of nitriles is 1. The van der Waals surface area contributed by atoms with Crippen molar-refractivity contribution in [1.29, 1.82) is 5.26 Å². The van der Waals surface area contributed by atoms with E-state index < -0.39 is 5.97 Å². The predicted molar refractivity (Wildman–Crippen MR) is 126 cm³/mol. The van der Waals surface area contributed by atoms with Crippen LogP contribution in [0.2, 0.25) is 0 Å². The van der Waals surface area contributed by atoms with Crippen molar-refractivity contribution in [2.45, 2.75) is 39.0 Å². The Hall–Kier alpha value is -3.64. The zero-order chi connectivity index (χ0) is 21.9. The van der Waals surface area contributed by atoms with Crippen molar-refractivity contribution in [3.63, 3.8) is 0 Å². The third kappa shape index (κ3) is 6.97. The molecule has 3 rings (SSSR count). The fourth-order valence-electron chi connectivity index (χ4n) is 3.32. The van der Waals surface area contributed by atoms with Crippen LogP contribution in [0.15, 0.2) is 78.9 Å². The van der Waals surface area contributed by atoms with Gasteiger partial charge in [-0.3, -0.25) is 0 Å². The number of rotatable bonds is 9. The smallest absolute Gasteiger partial charge is 0.336 e. The zero-order valence-electron chi connectivity index (χ0n) is 17.9. The molecule has 0 spiro atoms. The number of aryl methyl sites for hydroxylation is 1. The van der Waals surface area contributed by atoms with Crippen molar-refractivity contribution in [1.82, 2.24) is 0 Å². The van der Waals surface area contributed by atoms with Gasteiger partial charge in [0.05, 0.1) is 11.6 Å². The van der Waals surface area contributed by atoms with E-state index in [1.807, 2.05) is 36.4 Å². The van der Waals surface area contributed by atoms with Gasteiger partial charge in [-0.2, -0.15) is 5.26 Å². The van der Waals surface area contributed by atoms with Crippen LogP contribution in [0, 0.1) is 11.3 Å². The van der Waals surface area contributed by atoms with Crippen LogP contribution >= 0.6 is 0 Å². The molecule has 3 heteroatoms. The fraction of sp³-hybridized carbons (Fsp3) is 0.214. The highest BCUT2D eigenvalue weighted by molar-refractivity contribution is 5.88. The molecule has 3 nitrogen and oxygen atoms in total. The summed E-state index contributed by atoms with van der Waals surface area (Å²) in [6.07, 6.45) is 9.36. The van der Waals surface area contributed by atoms with E-state index in [0.717, 1.165) is 23.1 Å². The maximum absolute atomic E-state index is 12.1. The van der Waals surface area contributed by atoms with Gasteiger partial charge in [-0.05, 0) is 65.4 Å². The minimum Gasteiger partial charge on any atom is -0.423 e. The summed E-state index contributed by atoms with van der Waals surface area (Å²) in [4.78, 5) is 12.1. The molecule has 0 aliphatic rings. The predicted octanol–water partition coefficient (Wildman–Crippen LogP) is 6.97. The number of carbonyl (C=O) groups is 1. The number of nitrogens with zero attached hydrogens (tertiary/aromatic N) is 1. The van der Waals surface area contributed by atoms with Gasteiger partial charge in [0.2, 0.25) is 0 Å². The van der Waals surface area contributed by atoms with Crippen molar-refractivity contribution in [2.24, 2.45) is 0 Å². The van der Waals surface area contributed by atoms with Gasteiger partial charge < -0.3 is 4.74 Å². The quantitative estimate of drug-likeness (QED) is 0.166. The third-order valence-electron chi connectivity index (χ3n) is 5.13. The average Bonchev–Trinajstić information content (AvgIpc) is 2.82. The van der Waals surface area contributed by atoms with Gasteiger partial charge in [0.25, 0.3) is 0 Å². The van der Waals surface area contributed by atoms with Crippen LogP contribution in [0.3, 0.4) is 0 Å². The van der Waals surface area contributed by atoms with E-state index in [-0.39, 0.29) is 0 Å². The van der Waals surface area contributed by atoms with Crippen molar-refractivity contribution in [3.8, 4) is 22.9 Å². The average molecular weight is 410 g/mol. The molecule has 0 fully saturated rings. The molecule has 3 aromatic rings. The summed E-state index contributed by atoms with van der Waals surface area (Å²) in [5.41, 5.74) is 4.94. The SMILES string of the molecule is CCCCCCc1ccc(/C=C/C(=O)Oc2ccc(-c3ccc(C#N)cc3)cc2)cc1. The molecule has 0 saturated heterocycles. The standard InChI is InChI=1S/C28H27NO2/c1-2-3-4-5-6-22-7-9-23(10-8-22)13-20-28(30)31-27-18-16-26(17-19-27)25-14-11-24(21-29)12-15-25/h7-20H,2-6H2,1H3/b20-13+. The van der Waals surface area contributed by atoms with E-state index in [0.29, 0.717) is 11.3 Å². The Morgan fingerprint density at radius 1 is 0.871 bits per heavy atom. The Balaban J connectivity index is 1.51. The molecule has 0 saturated carbocycles. The van der Waals surface area contributed by atoms with Crippen LogP contribution in [0.1, 0.15) is 49.3 Å². The number of ether oxygens (including phenoxy) is 1. The number of hydrogen-bond donors (Lipinski definition) is 0. The minimum atomic E-state index is -0.408. The molecule has 0 aliphatic carbocycles. The van der Waals surface area contributed by atoms with E-state index >= 15 is 0 Å². The summed E-state index contributed by atoms with van der Waals surface area (Å²) in [6, 6.07) is 25.1. The van der Waals surface area contributed by atoms with Crippen LogP contribution in [-0.2, 0) is 11.2 Å². The van der Waals surface area contributed by atoms with Gasteiger partial charge in [-0.1, -0.05) is 74.7 Å². The molecule has 3 aromatic carbocycles. The van der Waals surface area contributed by atoms with Gasteiger partial charge in [-0.25, -0.2) is 4.79 Å². The number of carbonyl (C=O) groups excluding carboxylic acids is 1. The van der Waals surface area contributed by atoms with Crippen molar-refractivity contribution < 1.29 is 9.53 Å². The molecule has 0 radical (unpaired) electrons. The van der Waals surface area contributed by atoms with Crippen LogP contribution < -0.4 is 4.74 Å². The lowest BCUT2D eigenvalue weighted by Gasteiger charge is -2.05. The van der Waals surface area contributed by atoms with E-state index in [9.17, 15) is 4.79 Å². The first-order valence-electron chi connectivity index (χ1n) is 10.8. The number of unbranched alkanes of at least 4 members (excludes halogenated alkanes) is 3. The minimum absolute atomic E-state index is 0.408. The Labute approximate surface area is 184 Å². The molecule has 31 heavy (non-hydrogen) atoms. The summed E-state index contributed by atoms with van der Waals surface area (Å²) in [7, 11) is 0. The number of esters is 1. The summed E-state index contributed by atoms with van der Waals surface area (Å²) in [5, 5.41) is 8.89. The normalized spacial score (nSPS) is 10.7. The first-order chi connectivity index (χ1) is 15.2. The summed E-state index contributed by atoms with van der Waals surface area (Å²) < 4.78 is 5.39. The maximum Gasteiger partial charge on any atom is 0.336 e. The van der Waals surface area contributed by atoms with E-state index in [1.54, 1.807) is 30.3 Å². The van der Waals surface area contributed by atoms with Gasteiger partial charge in [0.15, 0.2) is 0 Å². The van der Waals surface area contributed by atoms with Gasteiger partial charge >= 0.3 is 5.97 Å². The molecule has 0 heterocycles. The van der Waals surface area contributed by atoms with Gasteiger partial charge in [0.1, 0.15) is 5.75 Å². The molecule has 0 atom stereocenters. The molecule has 0 aliphatic heterocycles. The molecule has 0 bridgehead atoms. The molecule has 0 unspecified atom stereocenters. The Morgan fingerprint density at radius 2 is 1.52 bits per heavy atom. The first-order valence-corrected chi connectivity index (χ1v) is 10.8. The lowest BCUT2D eigenvalue weighted by atomic mass is 10.0. The lowest BCUT2D eigenvalue weighted by Crippen LogP contribution is -2.03. The van der Waals surface area contributed by atoms with Crippen LogP contribution in [0.25, 0.3) is 17.2 Å². The zero-order valence-corrected chi connectivity index (χ0v) is 17.9. The molecule has 156 valence electrons. The molecule has 0 N–H and O–H groups in total. The monoisotopic (exact) mass is 409 g/mol. The van der Waals surface area contributed by atoms with Crippen molar-refractivity contribution >= 4 is 12.0 Å². The van der Waals surface area contributed by atoms with Crippen LogP contribution in [-0.4, -0.2) is 5.97 Å². The summed E-state index contributed by atoms with van der Waals surface area (Å²) >= 11 is 0. The topological polar surface area (TPSA) is 50.1 Å². The first kappa shape index (κ1) is 22.1. The Bertz CT molecular complexity index is 1040. The maximum atomic E-state index is 12.1. The molecule has 0 amide bonds. The molecule has 0 aromatic heterocycles. The lowest BCUT2D eigenvalue weighted by molar-refractivity contribution is -0.128. The summed E-state index contributed by atoms with van der Waals surface area (Å²) in [5.74, 6) is 0.0873. The van der Waals surface area contributed by atoms with Crippen LogP contribution in [0.4, 0.5) is 0 Å². The number of benzene rings is 3. The van der Waals surface area contributed by atoms with Gasteiger partial charge in [0, 0.05) is 6.08 Å². The van der Waals surface area contributed by atoms with E-state index in [2.05, 4.69) is 25.1 Å². The van der Waals surface area contributed by atoms with E-state index in [4.69, 9.17) is 10.00 Å². The fourth-order valence-corrected chi connectivity index (χ4v) is 3.32. The Kier molecular flexibility index (Phi) is 8.20. The molecular formula is C28H27NO2. The van der Waals surface area contributed by atoms with Crippen molar-refractivity contribution in [3.05, 3.63) is 95.6 Å². The largest absolute Gasteiger partial charge is 0.423 e. The highest BCUT2D eigenvalue weighted by Crippen LogP contribution is 2.23. The van der Waals surface area contributed by atoms with Crippen LogP contribution in [0.5, 0.6) is 5.75 Å². The summed E-state index contributed by atoms with van der Waals surface area (Å²) in [6.45, 7) is 2.22. The van der Waals surface area contributed by atoms with E-state index in [1.165, 1.54) is 37.3 Å². The second-order valence-corrected chi connectivity index (χ2v) is 7.52. The second kappa shape index (κ2) is 11.5. The highest BCUT2D eigenvalue weighted by Gasteiger charge is 2.03. The number of hydrogen-bond acceptors (Lipinski definition) is 3. The Morgan fingerprint density at radius 3 is 2.13 bits per heavy atom. The second-order valence-electron chi connectivity index (χ2n) is 7.52. The molecular weight excluding hydrogens is 382 g/mol. The van der Waals surface area contributed by atoms with Gasteiger partial charge in [-0.15, -0.1) is 0 Å².